The van der Waals surface area contributed by atoms with Crippen LogP contribution in [0.4, 0.5) is 0 Å². The van der Waals surface area contributed by atoms with Crippen molar-refractivity contribution in [3.63, 3.8) is 0 Å². The first-order valence-corrected chi connectivity index (χ1v) is 6.10. The molecular formula is C12H8ClNO2S. The summed E-state index contributed by atoms with van der Waals surface area (Å²) < 4.78 is 5.85. The van der Waals surface area contributed by atoms with Crippen molar-refractivity contribution in [2.45, 2.75) is 13.0 Å². The maximum Gasteiger partial charge on any atom is 0.351 e. The Morgan fingerprint density at radius 1 is 1.53 bits per heavy atom. The predicted octanol–water partition coefficient (Wildman–Crippen LogP) is 3.62. The number of carbonyl (C=O) groups excluding carboxylic acids is 1. The minimum Gasteiger partial charge on any atom is -0.443 e. The number of benzene rings is 1. The second kappa shape index (κ2) is 4.74. The topological polar surface area (TPSA) is 50.1 Å². The van der Waals surface area contributed by atoms with E-state index in [2.05, 4.69) is 0 Å². The molecule has 0 radical (unpaired) electrons. The Morgan fingerprint density at radius 2 is 2.24 bits per heavy atom. The molecule has 0 bridgehead atoms. The average Bonchev–Trinajstić information content (AvgIpc) is 2.67. The molecule has 2 aromatic rings. The molecule has 0 amide bonds. The van der Waals surface area contributed by atoms with Crippen molar-refractivity contribution in [2.24, 2.45) is 0 Å². The number of esters is 1. The van der Waals surface area contributed by atoms with E-state index in [9.17, 15) is 4.79 Å². The molecule has 0 aliphatic heterocycles. The summed E-state index contributed by atoms with van der Waals surface area (Å²) in [6.07, 6.45) is -0.774. The van der Waals surface area contributed by atoms with Gasteiger partial charge < -0.3 is 4.74 Å². The van der Waals surface area contributed by atoms with Crippen LogP contribution in [0.5, 0.6) is 0 Å². The smallest absolute Gasteiger partial charge is 0.351 e. The fourth-order valence-corrected chi connectivity index (χ4v) is 2.78. The fraction of sp³-hybridized carbons (Fsp3) is 0.167. The van der Waals surface area contributed by atoms with Crippen LogP contribution in [0.2, 0.25) is 5.02 Å². The van der Waals surface area contributed by atoms with Gasteiger partial charge in [-0.25, -0.2) is 4.79 Å². The van der Waals surface area contributed by atoms with Crippen molar-refractivity contribution >= 4 is 39.0 Å². The minimum absolute atomic E-state index is 0.343. The first-order chi connectivity index (χ1) is 8.13. The first kappa shape index (κ1) is 11.9. The summed E-state index contributed by atoms with van der Waals surface area (Å²) in [6.45, 7) is 1.51. The number of thiophene rings is 1. The number of hydrogen-bond donors (Lipinski definition) is 0. The zero-order chi connectivity index (χ0) is 12.4. The molecule has 1 aromatic heterocycles. The van der Waals surface area contributed by atoms with Gasteiger partial charge in [0, 0.05) is 10.1 Å². The third kappa shape index (κ3) is 2.26. The van der Waals surface area contributed by atoms with E-state index in [1.54, 1.807) is 0 Å². The van der Waals surface area contributed by atoms with E-state index in [0.29, 0.717) is 9.90 Å². The van der Waals surface area contributed by atoms with E-state index in [0.717, 1.165) is 10.1 Å². The van der Waals surface area contributed by atoms with Crippen molar-refractivity contribution in [1.29, 1.82) is 5.26 Å². The van der Waals surface area contributed by atoms with Gasteiger partial charge in [0.15, 0.2) is 6.10 Å². The Hall–Kier alpha value is -1.57. The van der Waals surface area contributed by atoms with Gasteiger partial charge >= 0.3 is 5.97 Å². The molecule has 0 saturated carbocycles. The first-order valence-electron chi connectivity index (χ1n) is 4.91. The van der Waals surface area contributed by atoms with E-state index in [-0.39, 0.29) is 0 Å². The monoisotopic (exact) mass is 265 g/mol. The number of nitriles is 1. The van der Waals surface area contributed by atoms with E-state index >= 15 is 0 Å². The quantitative estimate of drug-likeness (QED) is 0.779. The molecule has 1 heterocycles. The van der Waals surface area contributed by atoms with Crippen molar-refractivity contribution in [3.8, 4) is 6.07 Å². The van der Waals surface area contributed by atoms with Gasteiger partial charge in [0.2, 0.25) is 0 Å². The number of halogens is 1. The summed E-state index contributed by atoms with van der Waals surface area (Å²) in [4.78, 5) is 12.1. The van der Waals surface area contributed by atoms with Crippen LogP contribution >= 0.6 is 22.9 Å². The van der Waals surface area contributed by atoms with Gasteiger partial charge in [-0.2, -0.15) is 5.26 Å². The summed E-state index contributed by atoms with van der Waals surface area (Å²) in [5.41, 5.74) is 0. The zero-order valence-electron chi connectivity index (χ0n) is 8.94. The largest absolute Gasteiger partial charge is 0.443 e. The Balaban J connectivity index is 2.40. The van der Waals surface area contributed by atoms with E-state index in [1.807, 2.05) is 30.3 Å². The predicted molar refractivity (Wildman–Crippen MR) is 67.3 cm³/mol. The van der Waals surface area contributed by atoms with Crippen molar-refractivity contribution < 1.29 is 9.53 Å². The highest BCUT2D eigenvalue weighted by Gasteiger charge is 2.19. The summed E-state index contributed by atoms with van der Waals surface area (Å²) in [6, 6.07) is 9.30. The standard InChI is InChI=1S/C12H8ClNO2S/c1-7(6-14)16-12(15)11-10(13)8-4-2-3-5-9(8)17-11/h2-5,7H,1H3/t7-/m1/s1. The van der Waals surface area contributed by atoms with E-state index < -0.39 is 12.1 Å². The number of rotatable bonds is 2. The zero-order valence-corrected chi connectivity index (χ0v) is 10.5. The molecule has 2 rings (SSSR count). The molecule has 0 fully saturated rings. The van der Waals surface area contributed by atoms with Gasteiger partial charge in [0.25, 0.3) is 0 Å². The third-order valence-corrected chi connectivity index (χ3v) is 3.84. The van der Waals surface area contributed by atoms with Gasteiger partial charge in [-0.05, 0) is 13.0 Å². The maximum atomic E-state index is 11.8. The number of hydrogen-bond acceptors (Lipinski definition) is 4. The van der Waals surface area contributed by atoms with Crippen LogP contribution in [-0.4, -0.2) is 12.1 Å². The molecule has 0 unspecified atom stereocenters. The number of carbonyl (C=O) groups is 1. The number of nitrogens with zero attached hydrogens (tertiary/aromatic N) is 1. The van der Waals surface area contributed by atoms with Crippen LogP contribution in [0.15, 0.2) is 24.3 Å². The molecule has 0 aliphatic carbocycles. The van der Waals surface area contributed by atoms with Crippen LogP contribution in [0.3, 0.4) is 0 Å². The Bertz CT molecular complexity index is 614. The van der Waals surface area contributed by atoms with Crippen LogP contribution in [-0.2, 0) is 4.74 Å². The van der Waals surface area contributed by atoms with Gasteiger partial charge in [0.05, 0.1) is 5.02 Å². The van der Waals surface area contributed by atoms with Gasteiger partial charge in [0.1, 0.15) is 10.9 Å². The third-order valence-electron chi connectivity index (χ3n) is 2.19. The highest BCUT2D eigenvalue weighted by atomic mass is 35.5. The Labute approximate surface area is 107 Å². The molecule has 17 heavy (non-hydrogen) atoms. The summed E-state index contributed by atoms with van der Waals surface area (Å²) in [5.74, 6) is -0.551. The maximum absolute atomic E-state index is 11.8. The number of fused-ring (bicyclic) bond motifs is 1. The number of ether oxygens (including phenoxy) is 1. The molecule has 1 atom stereocenters. The van der Waals surface area contributed by atoms with E-state index in [1.165, 1.54) is 18.3 Å². The molecule has 3 nitrogen and oxygen atoms in total. The van der Waals surface area contributed by atoms with Gasteiger partial charge in [-0.1, -0.05) is 29.8 Å². The molecule has 5 heteroatoms. The SMILES string of the molecule is C[C@H](C#N)OC(=O)c1sc2ccccc2c1Cl. The molecule has 1 aromatic carbocycles. The van der Waals surface area contributed by atoms with Crippen molar-refractivity contribution in [2.75, 3.05) is 0 Å². The minimum atomic E-state index is -0.774. The van der Waals surface area contributed by atoms with Crippen LogP contribution < -0.4 is 0 Å². The van der Waals surface area contributed by atoms with Crippen molar-refractivity contribution in [1.82, 2.24) is 0 Å². The highest BCUT2D eigenvalue weighted by molar-refractivity contribution is 7.21. The Kier molecular flexibility index (Phi) is 3.32. The lowest BCUT2D eigenvalue weighted by molar-refractivity contribution is 0.0441. The summed E-state index contributed by atoms with van der Waals surface area (Å²) in [7, 11) is 0. The lowest BCUT2D eigenvalue weighted by Crippen LogP contribution is -2.12. The van der Waals surface area contributed by atoms with Gasteiger partial charge in [-0.15, -0.1) is 11.3 Å². The second-order valence-corrected chi connectivity index (χ2v) is 4.85. The lowest BCUT2D eigenvalue weighted by Gasteiger charge is -2.03. The van der Waals surface area contributed by atoms with Crippen LogP contribution in [0, 0.1) is 11.3 Å². The lowest BCUT2D eigenvalue weighted by atomic mass is 10.2. The Morgan fingerprint density at radius 3 is 2.88 bits per heavy atom. The summed E-state index contributed by atoms with van der Waals surface area (Å²) >= 11 is 7.37. The molecule has 0 N–H and O–H groups in total. The second-order valence-electron chi connectivity index (χ2n) is 3.42. The highest BCUT2D eigenvalue weighted by Crippen LogP contribution is 2.35. The van der Waals surface area contributed by atoms with Crippen molar-refractivity contribution in [3.05, 3.63) is 34.2 Å². The van der Waals surface area contributed by atoms with Gasteiger partial charge in [-0.3, -0.25) is 0 Å². The average molecular weight is 266 g/mol. The molecule has 0 spiro atoms. The molecule has 0 aliphatic rings. The summed E-state index contributed by atoms with van der Waals surface area (Å²) in [5, 5.41) is 9.80. The normalized spacial score (nSPS) is 12.1. The van der Waals surface area contributed by atoms with Crippen LogP contribution in [0.1, 0.15) is 16.6 Å². The van der Waals surface area contributed by atoms with Crippen LogP contribution in [0.25, 0.3) is 10.1 Å². The molecule has 0 saturated heterocycles. The molecule has 86 valence electrons. The molecular weight excluding hydrogens is 258 g/mol. The fourth-order valence-electron chi connectivity index (χ4n) is 1.39. The van der Waals surface area contributed by atoms with E-state index in [4.69, 9.17) is 21.6 Å².